The van der Waals surface area contributed by atoms with Crippen molar-refractivity contribution in [2.24, 2.45) is 0 Å². The molecule has 0 spiro atoms. The number of nitrogens with zero attached hydrogens (tertiary/aromatic N) is 2. The van der Waals surface area contributed by atoms with Gasteiger partial charge in [0, 0.05) is 18.7 Å². The van der Waals surface area contributed by atoms with Crippen molar-refractivity contribution in [2.75, 3.05) is 13.2 Å². The largest absolute Gasteiger partial charge is 0.391 e. The fraction of sp³-hybridized carbons (Fsp3) is 0.391. The molecule has 0 aromatic heterocycles. The maximum absolute atomic E-state index is 13.1. The van der Waals surface area contributed by atoms with Crippen LogP contribution >= 0.6 is 0 Å². The average molecular weight is 376 g/mol. The SMILES string of the molecule is Cc1c(Cc2ccc(C#N)cc2)cc2c(c1C)CN([C@H]1COCC[C@@H]1O)C2=O. The zero-order valence-electron chi connectivity index (χ0n) is 16.2. The van der Waals surface area contributed by atoms with Gasteiger partial charge in [0.1, 0.15) is 0 Å². The number of benzene rings is 2. The van der Waals surface area contributed by atoms with E-state index in [-0.39, 0.29) is 11.9 Å². The molecular formula is C23H24N2O3. The van der Waals surface area contributed by atoms with Crippen LogP contribution in [0.4, 0.5) is 0 Å². The molecule has 5 heteroatoms. The first kappa shape index (κ1) is 18.7. The lowest BCUT2D eigenvalue weighted by atomic mass is 9.91. The third kappa shape index (κ3) is 3.19. The van der Waals surface area contributed by atoms with E-state index in [1.54, 1.807) is 4.90 Å². The predicted molar refractivity (Wildman–Crippen MR) is 105 cm³/mol. The van der Waals surface area contributed by atoms with Gasteiger partial charge in [0.05, 0.1) is 30.4 Å². The minimum atomic E-state index is -0.536. The normalized spacial score (nSPS) is 21.5. The van der Waals surface area contributed by atoms with Gasteiger partial charge in [-0.1, -0.05) is 12.1 Å². The molecule has 1 amide bonds. The summed E-state index contributed by atoms with van der Waals surface area (Å²) in [4.78, 5) is 14.9. The van der Waals surface area contributed by atoms with Crippen molar-refractivity contribution in [2.45, 2.75) is 45.4 Å². The first-order valence-corrected chi connectivity index (χ1v) is 9.67. The van der Waals surface area contributed by atoms with E-state index in [2.05, 4.69) is 19.9 Å². The topological polar surface area (TPSA) is 73.6 Å². The summed E-state index contributed by atoms with van der Waals surface area (Å²) >= 11 is 0. The van der Waals surface area contributed by atoms with Crippen molar-refractivity contribution in [3.05, 3.63) is 69.3 Å². The second-order valence-electron chi connectivity index (χ2n) is 7.73. The first-order chi connectivity index (χ1) is 13.5. The molecular weight excluding hydrogens is 352 g/mol. The number of aliphatic hydroxyl groups is 1. The van der Waals surface area contributed by atoms with E-state index in [9.17, 15) is 9.90 Å². The quantitative estimate of drug-likeness (QED) is 0.894. The highest BCUT2D eigenvalue weighted by Gasteiger charge is 2.39. The van der Waals surface area contributed by atoms with E-state index >= 15 is 0 Å². The maximum atomic E-state index is 13.1. The number of ether oxygens (including phenoxy) is 1. The van der Waals surface area contributed by atoms with Crippen LogP contribution in [0.2, 0.25) is 0 Å². The number of hydrogen-bond acceptors (Lipinski definition) is 4. The van der Waals surface area contributed by atoms with Crippen molar-refractivity contribution in [3.63, 3.8) is 0 Å². The summed E-state index contributed by atoms with van der Waals surface area (Å²) in [5.74, 6) is -0.0197. The van der Waals surface area contributed by atoms with Crippen LogP contribution in [0.1, 0.15) is 50.2 Å². The highest BCUT2D eigenvalue weighted by molar-refractivity contribution is 5.99. The van der Waals surface area contributed by atoms with Crippen LogP contribution in [-0.2, 0) is 17.7 Å². The molecule has 1 N–H and O–H groups in total. The Balaban J connectivity index is 1.64. The van der Waals surface area contributed by atoms with Gasteiger partial charge in [-0.25, -0.2) is 0 Å². The third-order valence-electron chi connectivity index (χ3n) is 6.13. The third-order valence-corrected chi connectivity index (χ3v) is 6.13. The van der Waals surface area contributed by atoms with E-state index in [4.69, 9.17) is 10.00 Å². The summed E-state index contributed by atoms with van der Waals surface area (Å²) in [6, 6.07) is 11.4. The van der Waals surface area contributed by atoms with Crippen molar-refractivity contribution >= 4 is 5.91 Å². The van der Waals surface area contributed by atoms with Gasteiger partial charge in [0.25, 0.3) is 5.91 Å². The number of fused-ring (bicyclic) bond motifs is 1. The van der Waals surface area contributed by atoms with E-state index in [0.29, 0.717) is 38.2 Å². The maximum Gasteiger partial charge on any atom is 0.254 e. The second kappa shape index (κ2) is 7.38. The number of rotatable bonds is 3. The van der Waals surface area contributed by atoms with Gasteiger partial charge in [-0.3, -0.25) is 4.79 Å². The summed E-state index contributed by atoms with van der Waals surface area (Å²) in [7, 11) is 0. The lowest BCUT2D eigenvalue weighted by Gasteiger charge is -2.34. The van der Waals surface area contributed by atoms with E-state index in [1.807, 2.05) is 30.3 Å². The Morgan fingerprint density at radius 3 is 2.68 bits per heavy atom. The first-order valence-electron chi connectivity index (χ1n) is 9.67. The average Bonchev–Trinajstić information content (AvgIpc) is 3.03. The minimum absolute atomic E-state index is 0.0197. The summed E-state index contributed by atoms with van der Waals surface area (Å²) in [6.07, 6.45) is 0.743. The van der Waals surface area contributed by atoms with E-state index in [1.165, 1.54) is 5.56 Å². The molecule has 28 heavy (non-hydrogen) atoms. The number of amides is 1. The molecule has 0 aliphatic carbocycles. The highest BCUT2D eigenvalue weighted by atomic mass is 16.5. The van der Waals surface area contributed by atoms with E-state index in [0.717, 1.165) is 27.8 Å². The lowest BCUT2D eigenvalue weighted by molar-refractivity contribution is -0.0528. The smallest absolute Gasteiger partial charge is 0.254 e. The molecule has 2 heterocycles. The molecule has 2 aromatic carbocycles. The Labute approximate surface area is 165 Å². The summed E-state index contributed by atoms with van der Waals surface area (Å²) in [6.45, 7) is 5.63. The molecule has 2 aliphatic heterocycles. The van der Waals surface area contributed by atoms with Crippen LogP contribution in [0.5, 0.6) is 0 Å². The fourth-order valence-corrected chi connectivity index (χ4v) is 4.21. The molecule has 1 saturated heterocycles. The Kier molecular flexibility index (Phi) is 4.92. The number of nitriles is 1. The Morgan fingerprint density at radius 2 is 2.00 bits per heavy atom. The Bertz CT molecular complexity index is 959. The molecule has 5 nitrogen and oxygen atoms in total. The molecule has 0 bridgehead atoms. The number of carbonyl (C=O) groups excluding carboxylic acids is 1. The number of aliphatic hydroxyl groups excluding tert-OH is 1. The van der Waals surface area contributed by atoms with Crippen LogP contribution in [0.25, 0.3) is 0 Å². The highest BCUT2D eigenvalue weighted by Crippen LogP contribution is 2.33. The van der Waals surface area contributed by atoms with E-state index < -0.39 is 6.10 Å². The Morgan fingerprint density at radius 1 is 1.25 bits per heavy atom. The molecule has 2 atom stereocenters. The van der Waals surface area contributed by atoms with Gasteiger partial charge in [0.15, 0.2) is 0 Å². The molecule has 4 rings (SSSR count). The molecule has 144 valence electrons. The van der Waals surface area contributed by atoms with Gasteiger partial charge in [-0.05, 0) is 72.7 Å². The Hall–Kier alpha value is -2.68. The van der Waals surface area contributed by atoms with Crippen LogP contribution in [0.15, 0.2) is 30.3 Å². The zero-order chi connectivity index (χ0) is 19.8. The molecule has 2 aromatic rings. The fourth-order valence-electron chi connectivity index (χ4n) is 4.21. The second-order valence-corrected chi connectivity index (χ2v) is 7.73. The van der Waals surface area contributed by atoms with Gasteiger partial charge >= 0.3 is 0 Å². The van der Waals surface area contributed by atoms with Gasteiger partial charge < -0.3 is 14.7 Å². The number of carbonyl (C=O) groups is 1. The van der Waals surface area contributed by atoms with Gasteiger partial charge in [-0.2, -0.15) is 5.26 Å². The molecule has 2 aliphatic rings. The predicted octanol–water partition coefficient (Wildman–Crippen LogP) is 2.87. The summed E-state index contributed by atoms with van der Waals surface area (Å²) in [5.41, 5.74) is 7.01. The summed E-state index contributed by atoms with van der Waals surface area (Å²) in [5, 5.41) is 19.3. The van der Waals surface area contributed by atoms with Crippen molar-refractivity contribution in [1.82, 2.24) is 4.90 Å². The van der Waals surface area contributed by atoms with Crippen molar-refractivity contribution in [1.29, 1.82) is 5.26 Å². The van der Waals surface area contributed by atoms with Crippen LogP contribution in [-0.4, -0.2) is 41.3 Å². The van der Waals surface area contributed by atoms with Crippen LogP contribution < -0.4 is 0 Å². The van der Waals surface area contributed by atoms with Crippen LogP contribution in [0.3, 0.4) is 0 Å². The van der Waals surface area contributed by atoms with Crippen LogP contribution in [0, 0.1) is 25.2 Å². The lowest BCUT2D eigenvalue weighted by Crippen LogP contribution is -2.49. The van der Waals surface area contributed by atoms with Gasteiger partial charge in [-0.15, -0.1) is 0 Å². The standard InChI is InChI=1S/C23H24N2O3/c1-14-15(2)20-12-25(21-13-28-8-7-22(21)26)23(27)19(20)10-18(14)9-16-3-5-17(11-24)6-4-16/h3-6,10,21-22,26H,7-9,12-13H2,1-2H3/t21-,22-/m0/s1. The minimum Gasteiger partial charge on any atom is -0.391 e. The van der Waals surface area contributed by atoms with Gasteiger partial charge in [0.2, 0.25) is 0 Å². The number of hydrogen-bond donors (Lipinski definition) is 1. The monoisotopic (exact) mass is 376 g/mol. The molecule has 0 saturated carbocycles. The molecule has 0 unspecified atom stereocenters. The zero-order valence-corrected chi connectivity index (χ0v) is 16.2. The summed E-state index contributed by atoms with van der Waals surface area (Å²) < 4.78 is 5.51. The van der Waals surface area contributed by atoms with Crippen molar-refractivity contribution < 1.29 is 14.6 Å². The molecule has 0 radical (unpaired) electrons. The molecule has 1 fully saturated rings. The van der Waals surface area contributed by atoms with Crippen molar-refractivity contribution in [3.8, 4) is 6.07 Å².